The summed E-state index contributed by atoms with van der Waals surface area (Å²) in [5.74, 6) is 6.15. The number of allylic oxidation sites excluding steroid dienone is 1. The van der Waals surface area contributed by atoms with Gasteiger partial charge in [0.2, 0.25) is 0 Å². The van der Waals surface area contributed by atoms with Crippen LogP contribution in [-0.4, -0.2) is 50.8 Å². The number of hydrogen-bond donors (Lipinski definition) is 3. The maximum atomic E-state index is 14.6. The van der Waals surface area contributed by atoms with Crippen molar-refractivity contribution in [1.82, 2.24) is 10.2 Å². The molecule has 224 valence electrons. The molecule has 0 amide bonds. The number of alkyl halides is 3. The molecule has 0 bridgehead atoms. The van der Waals surface area contributed by atoms with Crippen LogP contribution in [-0.2, 0) is 6.42 Å². The van der Waals surface area contributed by atoms with Crippen molar-refractivity contribution < 1.29 is 17.6 Å². The molecule has 3 N–H and O–H groups in total. The molecule has 0 aromatic heterocycles. The molecule has 0 radical (unpaired) electrons. The summed E-state index contributed by atoms with van der Waals surface area (Å²) in [6.07, 6.45) is 0.576. The average Bonchev–Trinajstić information content (AvgIpc) is 2.93. The summed E-state index contributed by atoms with van der Waals surface area (Å²) in [4.78, 5) is 2.38. The second-order valence-corrected chi connectivity index (χ2v) is 10.3. The maximum absolute atomic E-state index is 14.6. The standard InChI is InChI=1S/C30H39FN4.C3H5F3/c1-7-24-19-27(23(4)32-5)28(31)20-30(24)33-15-9-10-21(2)18-26-22(3)11-8-12-29(26)34-25-13-16-35(6)17-14-25;1-2-3(4,5)6/h8,11-12,18-20,25,32-34H,4,7,13-17H2,1-3,5-6H3;2H2,1H3/b21-18+;. The number of rotatable bonds is 8. The van der Waals surface area contributed by atoms with Gasteiger partial charge in [-0.25, -0.2) is 4.39 Å². The predicted octanol–water partition coefficient (Wildman–Crippen LogP) is 7.87. The minimum atomic E-state index is -3.96. The van der Waals surface area contributed by atoms with Crippen LogP contribution >= 0.6 is 0 Å². The van der Waals surface area contributed by atoms with E-state index >= 15 is 0 Å². The van der Waals surface area contributed by atoms with E-state index in [1.807, 2.05) is 13.0 Å². The number of anilines is 2. The van der Waals surface area contributed by atoms with E-state index in [4.69, 9.17) is 0 Å². The molecule has 0 unspecified atom stereocenters. The van der Waals surface area contributed by atoms with Gasteiger partial charge in [-0.2, -0.15) is 13.2 Å². The molecule has 8 heteroatoms. The Kier molecular flexibility index (Phi) is 13.3. The number of likely N-dealkylation sites (tertiary alicyclic amines) is 1. The van der Waals surface area contributed by atoms with Crippen LogP contribution in [0.3, 0.4) is 0 Å². The molecule has 1 aliphatic heterocycles. The highest BCUT2D eigenvalue weighted by atomic mass is 19.4. The van der Waals surface area contributed by atoms with E-state index in [0.29, 0.717) is 23.8 Å². The summed E-state index contributed by atoms with van der Waals surface area (Å²) >= 11 is 0. The van der Waals surface area contributed by atoms with Crippen molar-refractivity contribution in [3.8, 4) is 11.8 Å². The Morgan fingerprint density at radius 1 is 1.15 bits per heavy atom. The van der Waals surface area contributed by atoms with E-state index < -0.39 is 12.6 Å². The van der Waals surface area contributed by atoms with Crippen molar-refractivity contribution in [2.24, 2.45) is 0 Å². The molecule has 0 spiro atoms. The SMILES string of the molecule is C=C(NC)c1cc(CC)c(NCC#C/C(C)=C/c2c(C)cccc2NC2CCN(C)CC2)cc1F.CCC(F)(F)F. The Labute approximate surface area is 243 Å². The molecule has 1 saturated heterocycles. The van der Waals surface area contributed by atoms with Gasteiger partial charge in [-0.1, -0.05) is 44.4 Å². The third kappa shape index (κ3) is 11.2. The third-order valence-electron chi connectivity index (χ3n) is 7.02. The van der Waals surface area contributed by atoms with E-state index in [2.05, 4.69) is 84.4 Å². The quantitative estimate of drug-likeness (QED) is 0.222. The number of halogens is 4. The number of nitrogens with one attached hydrogen (secondary N) is 3. The number of piperidine rings is 1. The maximum Gasteiger partial charge on any atom is 0.388 e. The number of aryl methyl sites for hydroxylation is 2. The van der Waals surface area contributed by atoms with Crippen LogP contribution in [0.25, 0.3) is 11.8 Å². The van der Waals surface area contributed by atoms with Gasteiger partial charge in [-0.3, -0.25) is 0 Å². The van der Waals surface area contributed by atoms with Gasteiger partial charge >= 0.3 is 6.18 Å². The first-order valence-corrected chi connectivity index (χ1v) is 14.1. The predicted molar refractivity (Wildman–Crippen MR) is 165 cm³/mol. The van der Waals surface area contributed by atoms with E-state index in [9.17, 15) is 17.6 Å². The minimum absolute atomic E-state index is 0.294. The van der Waals surface area contributed by atoms with Crippen molar-refractivity contribution in [1.29, 1.82) is 0 Å². The lowest BCUT2D eigenvalue weighted by Gasteiger charge is -2.30. The van der Waals surface area contributed by atoms with Crippen molar-refractivity contribution in [3.05, 3.63) is 70.6 Å². The fraction of sp³-hybridized carbons (Fsp3) is 0.455. The fourth-order valence-electron chi connectivity index (χ4n) is 4.39. The second kappa shape index (κ2) is 16.1. The van der Waals surface area contributed by atoms with E-state index in [1.165, 1.54) is 22.9 Å². The van der Waals surface area contributed by atoms with Gasteiger partial charge in [0.1, 0.15) is 5.82 Å². The van der Waals surface area contributed by atoms with Crippen LogP contribution in [0.5, 0.6) is 0 Å². The fourth-order valence-corrected chi connectivity index (χ4v) is 4.39. The van der Waals surface area contributed by atoms with Crippen LogP contribution in [0.4, 0.5) is 28.9 Å². The summed E-state index contributed by atoms with van der Waals surface area (Å²) in [7, 11) is 3.93. The van der Waals surface area contributed by atoms with Gasteiger partial charge < -0.3 is 20.9 Å². The van der Waals surface area contributed by atoms with Gasteiger partial charge in [0.25, 0.3) is 0 Å². The van der Waals surface area contributed by atoms with Crippen LogP contribution in [0, 0.1) is 24.6 Å². The molecule has 2 aromatic carbocycles. The highest BCUT2D eigenvalue weighted by Gasteiger charge is 2.22. The first-order valence-electron chi connectivity index (χ1n) is 14.1. The average molecular weight is 573 g/mol. The monoisotopic (exact) mass is 572 g/mol. The molecule has 0 aliphatic carbocycles. The Hall–Kier alpha value is -3.44. The zero-order valence-electron chi connectivity index (χ0n) is 25.2. The molecular weight excluding hydrogens is 528 g/mol. The molecule has 1 heterocycles. The molecule has 0 saturated carbocycles. The molecule has 41 heavy (non-hydrogen) atoms. The summed E-state index contributed by atoms with van der Waals surface area (Å²) in [6, 6.07) is 10.3. The number of hydrogen-bond acceptors (Lipinski definition) is 4. The lowest BCUT2D eigenvalue weighted by molar-refractivity contribution is -0.130. The first-order chi connectivity index (χ1) is 19.4. The van der Waals surface area contributed by atoms with E-state index in [1.54, 1.807) is 7.05 Å². The Bertz CT molecular complexity index is 1250. The summed E-state index contributed by atoms with van der Waals surface area (Å²) in [6.45, 7) is 13.9. The highest BCUT2D eigenvalue weighted by Crippen LogP contribution is 2.26. The van der Waals surface area contributed by atoms with E-state index in [0.717, 1.165) is 56.1 Å². The van der Waals surface area contributed by atoms with Crippen LogP contribution in [0.1, 0.15) is 62.3 Å². The lowest BCUT2D eigenvalue weighted by atomic mass is 10.0. The normalized spacial score (nSPS) is 14.3. The molecule has 1 fully saturated rings. The molecule has 2 aromatic rings. The summed E-state index contributed by atoms with van der Waals surface area (Å²) in [5.41, 5.74) is 7.48. The Morgan fingerprint density at radius 2 is 1.80 bits per heavy atom. The minimum Gasteiger partial charge on any atom is -0.388 e. The van der Waals surface area contributed by atoms with E-state index in [-0.39, 0.29) is 5.82 Å². The van der Waals surface area contributed by atoms with Gasteiger partial charge in [-0.15, -0.1) is 0 Å². The highest BCUT2D eigenvalue weighted by molar-refractivity contribution is 5.73. The van der Waals surface area contributed by atoms with Crippen molar-refractivity contribution in [3.63, 3.8) is 0 Å². The smallest absolute Gasteiger partial charge is 0.388 e. The first kappa shape index (κ1) is 33.8. The molecule has 1 aliphatic rings. The topological polar surface area (TPSA) is 39.3 Å². The lowest BCUT2D eigenvalue weighted by Crippen LogP contribution is -2.36. The van der Waals surface area contributed by atoms with Crippen molar-refractivity contribution >= 4 is 23.1 Å². The number of nitrogens with zero attached hydrogens (tertiary/aromatic N) is 1. The Morgan fingerprint density at radius 3 is 2.39 bits per heavy atom. The largest absolute Gasteiger partial charge is 0.388 e. The Balaban J connectivity index is 0.000000883. The molecule has 4 nitrogen and oxygen atoms in total. The van der Waals surface area contributed by atoms with Gasteiger partial charge in [0.05, 0.1) is 6.54 Å². The zero-order valence-corrected chi connectivity index (χ0v) is 25.2. The van der Waals surface area contributed by atoms with Gasteiger partial charge in [0, 0.05) is 47.7 Å². The van der Waals surface area contributed by atoms with Crippen LogP contribution in [0.15, 0.2) is 42.5 Å². The van der Waals surface area contributed by atoms with Gasteiger partial charge in [0.15, 0.2) is 0 Å². The zero-order chi connectivity index (χ0) is 30.6. The van der Waals surface area contributed by atoms with Crippen LogP contribution in [0.2, 0.25) is 0 Å². The number of benzene rings is 2. The molecular formula is C33H44F4N4. The van der Waals surface area contributed by atoms with Crippen LogP contribution < -0.4 is 16.0 Å². The van der Waals surface area contributed by atoms with Crippen molar-refractivity contribution in [2.45, 2.75) is 65.6 Å². The molecule has 0 atom stereocenters. The van der Waals surface area contributed by atoms with Crippen molar-refractivity contribution in [2.75, 3.05) is 44.4 Å². The summed E-state index contributed by atoms with van der Waals surface area (Å²) in [5, 5.41) is 9.96. The van der Waals surface area contributed by atoms with Gasteiger partial charge in [-0.05, 0) is 94.2 Å². The third-order valence-corrected chi connectivity index (χ3v) is 7.02. The molecule has 3 rings (SSSR count). The summed E-state index contributed by atoms with van der Waals surface area (Å²) < 4.78 is 46.9. The second-order valence-electron chi connectivity index (χ2n) is 10.3.